The van der Waals surface area contributed by atoms with Crippen LogP contribution >= 0.6 is 0 Å². The minimum Gasteiger partial charge on any atom is -0.506 e. The van der Waals surface area contributed by atoms with Crippen LogP contribution in [0, 0.1) is 6.92 Å². The summed E-state index contributed by atoms with van der Waals surface area (Å²) in [4.78, 5) is 11.2. The van der Waals surface area contributed by atoms with Gasteiger partial charge in [-0.2, -0.15) is 8.42 Å². The molecule has 8 heteroatoms. The predicted octanol–water partition coefficient (Wildman–Crippen LogP) is 0.426. The van der Waals surface area contributed by atoms with Crippen molar-refractivity contribution in [2.45, 2.75) is 11.8 Å². The molecule has 0 bridgehead atoms. The van der Waals surface area contributed by atoms with Crippen molar-refractivity contribution in [1.29, 1.82) is 0 Å². The van der Waals surface area contributed by atoms with Crippen molar-refractivity contribution in [2.24, 2.45) is 0 Å². The fourth-order valence-electron chi connectivity index (χ4n) is 1.54. The molecule has 1 heterocycles. The van der Waals surface area contributed by atoms with Gasteiger partial charge in [0.25, 0.3) is 15.7 Å². The number of nitrogens with one attached hydrogen (secondary N) is 1. The zero-order valence-electron chi connectivity index (χ0n) is 9.28. The molecule has 96 valence electrons. The molecular formula is C10H10N2O5S. The van der Waals surface area contributed by atoms with Crippen molar-refractivity contribution in [3.63, 3.8) is 0 Å². The number of aromatic hydroxyl groups is 1. The minimum absolute atomic E-state index is 0.0526. The van der Waals surface area contributed by atoms with Gasteiger partial charge in [-0.3, -0.25) is 14.4 Å². The number of H-pyrrole nitrogens is 1. The fraction of sp³-hybridized carbons (Fsp3) is 0.100. The Balaban J connectivity index is 2.72. The highest BCUT2D eigenvalue weighted by Gasteiger charge is 2.15. The summed E-state index contributed by atoms with van der Waals surface area (Å²) in [5.41, 5.74) is 0.0511. The zero-order chi connectivity index (χ0) is 13.5. The molecule has 3 N–H and O–H groups in total. The van der Waals surface area contributed by atoms with E-state index in [4.69, 9.17) is 4.55 Å². The predicted molar refractivity (Wildman–Crippen MR) is 62.6 cm³/mol. The standard InChI is InChI=1S/C10H10N2O5S/c1-6-4-10(14)12(11-6)8-5-7(18(15,16)17)2-3-9(8)13/h2-5,11,13H,1H3,(H,15,16,17). The molecule has 0 saturated heterocycles. The summed E-state index contributed by atoms with van der Waals surface area (Å²) in [6.07, 6.45) is 0. The summed E-state index contributed by atoms with van der Waals surface area (Å²) in [7, 11) is -4.40. The maximum atomic E-state index is 11.6. The van der Waals surface area contributed by atoms with E-state index >= 15 is 0 Å². The topological polar surface area (TPSA) is 112 Å². The number of aromatic amines is 1. The Morgan fingerprint density at radius 3 is 2.44 bits per heavy atom. The van der Waals surface area contributed by atoms with E-state index in [0.717, 1.165) is 22.9 Å². The van der Waals surface area contributed by atoms with Gasteiger partial charge in [0.15, 0.2) is 0 Å². The molecule has 0 fully saturated rings. The van der Waals surface area contributed by atoms with Crippen LogP contribution in [0.25, 0.3) is 5.69 Å². The van der Waals surface area contributed by atoms with Crippen LogP contribution in [-0.2, 0) is 10.1 Å². The van der Waals surface area contributed by atoms with Crippen molar-refractivity contribution in [3.8, 4) is 11.4 Å². The van der Waals surface area contributed by atoms with E-state index in [1.165, 1.54) is 6.07 Å². The number of aromatic nitrogens is 2. The highest BCUT2D eigenvalue weighted by molar-refractivity contribution is 7.85. The highest BCUT2D eigenvalue weighted by Crippen LogP contribution is 2.23. The van der Waals surface area contributed by atoms with Crippen LogP contribution in [0.2, 0.25) is 0 Å². The number of phenols is 1. The second-order valence-electron chi connectivity index (χ2n) is 3.74. The molecule has 0 aliphatic carbocycles. The van der Waals surface area contributed by atoms with Gasteiger partial charge in [-0.05, 0) is 25.1 Å². The zero-order valence-corrected chi connectivity index (χ0v) is 10.1. The van der Waals surface area contributed by atoms with Gasteiger partial charge in [-0.25, -0.2) is 4.68 Å². The fourth-order valence-corrected chi connectivity index (χ4v) is 2.04. The SMILES string of the molecule is Cc1cc(=O)n(-c2cc(S(=O)(=O)O)ccc2O)[nH]1. The van der Waals surface area contributed by atoms with E-state index in [2.05, 4.69) is 5.10 Å². The number of hydrogen-bond acceptors (Lipinski definition) is 4. The molecule has 0 radical (unpaired) electrons. The Labute approximate surface area is 102 Å². The maximum absolute atomic E-state index is 11.6. The first-order valence-electron chi connectivity index (χ1n) is 4.88. The van der Waals surface area contributed by atoms with E-state index in [1.807, 2.05) is 0 Å². The Bertz CT molecular complexity index is 757. The summed E-state index contributed by atoms with van der Waals surface area (Å²) in [5, 5.41) is 12.3. The first-order chi connectivity index (χ1) is 8.29. The van der Waals surface area contributed by atoms with E-state index < -0.39 is 20.6 Å². The van der Waals surface area contributed by atoms with Crippen LogP contribution in [-0.4, -0.2) is 27.9 Å². The minimum atomic E-state index is -4.40. The molecule has 0 amide bonds. The second-order valence-corrected chi connectivity index (χ2v) is 5.16. The first kappa shape index (κ1) is 12.4. The van der Waals surface area contributed by atoms with Gasteiger partial charge in [0, 0.05) is 11.8 Å². The molecule has 2 rings (SSSR count). The lowest BCUT2D eigenvalue weighted by Crippen LogP contribution is -2.14. The average molecular weight is 270 g/mol. The van der Waals surface area contributed by atoms with Crippen LogP contribution in [0.3, 0.4) is 0 Å². The molecule has 0 saturated carbocycles. The molecule has 0 unspecified atom stereocenters. The van der Waals surface area contributed by atoms with Gasteiger partial charge < -0.3 is 5.11 Å². The molecular weight excluding hydrogens is 260 g/mol. The Kier molecular flexibility index (Phi) is 2.76. The largest absolute Gasteiger partial charge is 0.506 e. The van der Waals surface area contributed by atoms with Crippen molar-refractivity contribution in [3.05, 3.63) is 40.3 Å². The Morgan fingerprint density at radius 2 is 1.94 bits per heavy atom. The summed E-state index contributed by atoms with van der Waals surface area (Å²) in [5.74, 6) is -0.286. The summed E-state index contributed by atoms with van der Waals surface area (Å²) < 4.78 is 31.9. The molecule has 7 nitrogen and oxygen atoms in total. The lowest BCUT2D eigenvalue weighted by Gasteiger charge is -2.06. The van der Waals surface area contributed by atoms with Gasteiger partial charge in [-0.1, -0.05) is 0 Å². The third-order valence-electron chi connectivity index (χ3n) is 2.33. The molecule has 0 aliphatic heterocycles. The Morgan fingerprint density at radius 1 is 1.28 bits per heavy atom. The summed E-state index contributed by atoms with van der Waals surface area (Å²) in [6.45, 7) is 1.64. The van der Waals surface area contributed by atoms with Crippen molar-refractivity contribution >= 4 is 10.1 Å². The quantitative estimate of drug-likeness (QED) is 0.685. The van der Waals surface area contributed by atoms with E-state index in [1.54, 1.807) is 6.92 Å². The molecule has 0 aliphatic rings. The third kappa shape index (κ3) is 2.15. The van der Waals surface area contributed by atoms with Gasteiger partial charge in [-0.15, -0.1) is 0 Å². The van der Waals surface area contributed by atoms with Crippen molar-refractivity contribution < 1.29 is 18.1 Å². The summed E-state index contributed by atoms with van der Waals surface area (Å²) >= 11 is 0. The van der Waals surface area contributed by atoms with Gasteiger partial charge in [0.2, 0.25) is 0 Å². The number of nitrogens with zero attached hydrogens (tertiary/aromatic N) is 1. The van der Waals surface area contributed by atoms with Gasteiger partial charge >= 0.3 is 0 Å². The normalized spacial score (nSPS) is 11.7. The average Bonchev–Trinajstić information content (AvgIpc) is 2.56. The number of aryl methyl sites for hydroxylation is 1. The number of phenolic OH excluding ortho intramolecular Hbond substituents is 1. The molecule has 1 aromatic carbocycles. The van der Waals surface area contributed by atoms with E-state index in [0.29, 0.717) is 5.69 Å². The van der Waals surface area contributed by atoms with Crippen LogP contribution < -0.4 is 5.56 Å². The molecule has 0 atom stereocenters. The lowest BCUT2D eigenvalue weighted by atomic mass is 10.3. The number of hydrogen-bond donors (Lipinski definition) is 3. The maximum Gasteiger partial charge on any atom is 0.294 e. The van der Waals surface area contributed by atoms with Crippen LogP contribution in [0.5, 0.6) is 5.75 Å². The molecule has 0 spiro atoms. The van der Waals surface area contributed by atoms with Crippen LogP contribution in [0.1, 0.15) is 5.69 Å². The van der Waals surface area contributed by atoms with Crippen LogP contribution in [0.15, 0.2) is 34.0 Å². The summed E-state index contributed by atoms with van der Waals surface area (Å²) in [6, 6.07) is 4.41. The Hall–Kier alpha value is -2.06. The first-order valence-corrected chi connectivity index (χ1v) is 6.32. The monoisotopic (exact) mass is 270 g/mol. The van der Waals surface area contributed by atoms with Crippen molar-refractivity contribution in [1.82, 2.24) is 9.78 Å². The van der Waals surface area contributed by atoms with E-state index in [-0.39, 0.29) is 11.4 Å². The number of rotatable bonds is 2. The van der Waals surface area contributed by atoms with Gasteiger partial charge in [0.1, 0.15) is 11.4 Å². The molecule has 18 heavy (non-hydrogen) atoms. The van der Waals surface area contributed by atoms with Gasteiger partial charge in [0.05, 0.1) is 4.90 Å². The second kappa shape index (κ2) is 4.00. The smallest absolute Gasteiger partial charge is 0.294 e. The van der Waals surface area contributed by atoms with E-state index in [9.17, 15) is 18.3 Å². The third-order valence-corrected chi connectivity index (χ3v) is 3.18. The lowest BCUT2D eigenvalue weighted by molar-refractivity contribution is 0.467. The molecule has 2 aromatic rings. The van der Waals surface area contributed by atoms with Crippen LogP contribution in [0.4, 0.5) is 0 Å². The highest BCUT2D eigenvalue weighted by atomic mass is 32.2. The van der Waals surface area contributed by atoms with Crippen molar-refractivity contribution in [2.75, 3.05) is 0 Å². The number of benzene rings is 1. The molecule has 1 aromatic heterocycles.